The molecule has 3 heteroatoms. The zero-order valence-corrected chi connectivity index (χ0v) is 13.5. The zero-order valence-electron chi connectivity index (χ0n) is 13.5. The number of hydrogen-bond donors (Lipinski definition) is 1. The third-order valence-corrected chi connectivity index (χ3v) is 3.21. The number of anilines is 1. The molecular weight excluding hydrogens is 246 g/mol. The van der Waals surface area contributed by atoms with Gasteiger partial charge in [0.25, 0.3) is 0 Å². The molecule has 1 rings (SSSR count). The Bertz CT molecular complexity index is 466. The van der Waals surface area contributed by atoms with E-state index in [1.54, 1.807) is 0 Å². The minimum Gasteiger partial charge on any atom is -0.346 e. The van der Waals surface area contributed by atoms with Crippen LogP contribution in [0.25, 0.3) is 0 Å². The highest BCUT2D eigenvalue weighted by atomic mass is 15.2. The maximum absolute atomic E-state index is 5.45. The quantitative estimate of drug-likeness (QED) is 0.808. The fourth-order valence-electron chi connectivity index (χ4n) is 1.95. The van der Waals surface area contributed by atoms with Crippen LogP contribution >= 0.6 is 0 Å². The molecule has 0 saturated carbocycles. The van der Waals surface area contributed by atoms with Crippen molar-refractivity contribution in [2.75, 3.05) is 24.5 Å². The lowest BCUT2D eigenvalue weighted by atomic mass is 9.90. The lowest BCUT2D eigenvalue weighted by Crippen LogP contribution is -2.26. The van der Waals surface area contributed by atoms with Crippen LogP contribution < -0.4 is 10.2 Å². The van der Waals surface area contributed by atoms with Crippen LogP contribution in [-0.4, -0.2) is 24.6 Å². The maximum Gasteiger partial charge on any atom is 0.129 e. The van der Waals surface area contributed by atoms with Gasteiger partial charge in [0.15, 0.2) is 0 Å². The monoisotopic (exact) mass is 273 g/mol. The van der Waals surface area contributed by atoms with E-state index in [4.69, 9.17) is 11.4 Å². The minimum absolute atomic E-state index is 0.0343. The topological polar surface area (TPSA) is 28.2 Å². The molecule has 0 saturated heterocycles. The summed E-state index contributed by atoms with van der Waals surface area (Å²) in [6.07, 6.45) is 5.45. The summed E-state index contributed by atoms with van der Waals surface area (Å²) in [5, 5.41) is 3.37. The summed E-state index contributed by atoms with van der Waals surface area (Å²) >= 11 is 0. The minimum atomic E-state index is 0.0343. The second-order valence-corrected chi connectivity index (χ2v) is 5.97. The van der Waals surface area contributed by atoms with Crippen LogP contribution in [0.15, 0.2) is 12.1 Å². The standard InChI is InChI=1S/C17H27N3/c1-7-10-20(9-3)16-12-14(13-18-8-2)11-15(19-16)17(4,5)6/h1,11-12,18H,8-10,13H2,2-6H3. The highest BCUT2D eigenvalue weighted by Gasteiger charge is 2.18. The van der Waals surface area contributed by atoms with E-state index in [0.29, 0.717) is 6.54 Å². The van der Waals surface area contributed by atoms with E-state index in [9.17, 15) is 0 Å². The van der Waals surface area contributed by atoms with Crippen molar-refractivity contribution in [2.45, 2.75) is 46.6 Å². The normalized spacial score (nSPS) is 11.2. The van der Waals surface area contributed by atoms with E-state index in [1.807, 2.05) is 0 Å². The number of rotatable bonds is 6. The Kier molecular flexibility index (Phi) is 6.04. The molecular formula is C17H27N3. The van der Waals surface area contributed by atoms with Gasteiger partial charge in [-0.05, 0) is 31.2 Å². The smallest absolute Gasteiger partial charge is 0.129 e. The highest BCUT2D eigenvalue weighted by molar-refractivity contribution is 5.45. The van der Waals surface area contributed by atoms with Crippen LogP contribution in [0.4, 0.5) is 5.82 Å². The van der Waals surface area contributed by atoms with Crippen molar-refractivity contribution in [1.29, 1.82) is 0 Å². The molecule has 1 aromatic heterocycles. The Morgan fingerprint density at radius 2 is 2.00 bits per heavy atom. The molecule has 0 aliphatic heterocycles. The lowest BCUT2D eigenvalue weighted by Gasteiger charge is -2.25. The first-order valence-electron chi connectivity index (χ1n) is 7.33. The number of pyridine rings is 1. The van der Waals surface area contributed by atoms with E-state index >= 15 is 0 Å². The van der Waals surface area contributed by atoms with Crippen molar-refractivity contribution in [1.82, 2.24) is 10.3 Å². The lowest BCUT2D eigenvalue weighted by molar-refractivity contribution is 0.566. The van der Waals surface area contributed by atoms with Crippen LogP contribution in [0.5, 0.6) is 0 Å². The van der Waals surface area contributed by atoms with Gasteiger partial charge in [0.05, 0.1) is 6.54 Å². The third kappa shape index (κ3) is 4.54. The molecule has 0 aromatic carbocycles. The fraction of sp³-hybridized carbons (Fsp3) is 0.588. The highest BCUT2D eigenvalue weighted by Crippen LogP contribution is 2.24. The number of aromatic nitrogens is 1. The van der Waals surface area contributed by atoms with Crippen molar-refractivity contribution in [3.8, 4) is 12.3 Å². The van der Waals surface area contributed by atoms with Crippen LogP contribution in [0.2, 0.25) is 0 Å². The first-order chi connectivity index (χ1) is 9.42. The summed E-state index contributed by atoms with van der Waals surface area (Å²) in [5.74, 6) is 3.69. The maximum atomic E-state index is 5.45. The first kappa shape index (κ1) is 16.5. The molecule has 3 nitrogen and oxygen atoms in total. The van der Waals surface area contributed by atoms with Crippen LogP contribution in [-0.2, 0) is 12.0 Å². The molecule has 0 aliphatic carbocycles. The Labute approximate surface area is 123 Å². The van der Waals surface area contributed by atoms with Gasteiger partial charge in [-0.25, -0.2) is 4.98 Å². The Balaban J connectivity index is 3.18. The van der Waals surface area contributed by atoms with Gasteiger partial charge < -0.3 is 10.2 Å². The molecule has 0 fully saturated rings. The molecule has 0 atom stereocenters. The Hall–Kier alpha value is -1.53. The molecule has 0 spiro atoms. The molecule has 1 heterocycles. The Morgan fingerprint density at radius 3 is 2.50 bits per heavy atom. The van der Waals surface area contributed by atoms with E-state index < -0.39 is 0 Å². The van der Waals surface area contributed by atoms with Gasteiger partial charge in [0.2, 0.25) is 0 Å². The molecule has 0 bridgehead atoms. The van der Waals surface area contributed by atoms with Crippen molar-refractivity contribution in [2.24, 2.45) is 0 Å². The van der Waals surface area contributed by atoms with E-state index in [2.05, 4.69) is 62.9 Å². The summed E-state index contributed by atoms with van der Waals surface area (Å²) in [6.45, 7) is 14.1. The number of terminal acetylenes is 1. The molecule has 1 N–H and O–H groups in total. The van der Waals surface area contributed by atoms with E-state index in [-0.39, 0.29) is 5.41 Å². The zero-order chi connectivity index (χ0) is 15.2. The van der Waals surface area contributed by atoms with Gasteiger partial charge in [-0.3, -0.25) is 0 Å². The van der Waals surface area contributed by atoms with Crippen molar-refractivity contribution < 1.29 is 0 Å². The molecule has 0 aliphatic rings. The number of nitrogens with zero attached hydrogens (tertiary/aromatic N) is 2. The fourth-order valence-corrected chi connectivity index (χ4v) is 1.95. The van der Waals surface area contributed by atoms with Gasteiger partial charge >= 0.3 is 0 Å². The van der Waals surface area contributed by atoms with Gasteiger partial charge in [0, 0.05) is 24.2 Å². The largest absolute Gasteiger partial charge is 0.346 e. The van der Waals surface area contributed by atoms with Crippen molar-refractivity contribution in [3.63, 3.8) is 0 Å². The molecule has 0 radical (unpaired) electrons. The van der Waals surface area contributed by atoms with Crippen molar-refractivity contribution in [3.05, 3.63) is 23.4 Å². The van der Waals surface area contributed by atoms with Gasteiger partial charge in [-0.2, -0.15) is 0 Å². The average molecular weight is 273 g/mol. The summed E-state index contributed by atoms with van der Waals surface area (Å²) in [7, 11) is 0. The van der Waals surface area contributed by atoms with Crippen LogP contribution in [0.3, 0.4) is 0 Å². The number of nitrogens with one attached hydrogen (secondary N) is 1. The van der Waals surface area contributed by atoms with E-state index in [0.717, 1.165) is 31.1 Å². The SMILES string of the molecule is C#CCN(CC)c1cc(CNCC)cc(C(C)(C)C)n1. The summed E-state index contributed by atoms with van der Waals surface area (Å²) in [6, 6.07) is 4.33. The molecule has 1 aromatic rings. The predicted molar refractivity (Wildman–Crippen MR) is 87.0 cm³/mol. The summed E-state index contributed by atoms with van der Waals surface area (Å²) in [4.78, 5) is 6.93. The number of hydrogen-bond acceptors (Lipinski definition) is 3. The van der Waals surface area contributed by atoms with Gasteiger partial charge in [0.1, 0.15) is 5.82 Å². The molecule has 0 unspecified atom stereocenters. The van der Waals surface area contributed by atoms with Crippen LogP contribution in [0, 0.1) is 12.3 Å². The second kappa shape index (κ2) is 7.31. The van der Waals surface area contributed by atoms with Gasteiger partial charge in [-0.15, -0.1) is 6.42 Å². The van der Waals surface area contributed by atoms with Crippen LogP contribution in [0.1, 0.15) is 45.9 Å². The summed E-state index contributed by atoms with van der Waals surface area (Å²) < 4.78 is 0. The molecule has 20 heavy (non-hydrogen) atoms. The van der Waals surface area contributed by atoms with Gasteiger partial charge in [-0.1, -0.05) is 33.6 Å². The molecule has 0 amide bonds. The van der Waals surface area contributed by atoms with E-state index in [1.165, 1.54) is 5.56 Å². The first-order valence-corrected chi connectivity index (χ1v) is 7.33. The Morgan fingerprint density at radius 1 is 1.30 bits per heavy atom. The average Bonchev–Trinajstić information content (AvgIpc) is 2.41. The van der Waals surface area contributed by atoms with Crippen molar-refractivity contribution >= 4 is 5.82 Å². The third-order valence-electron chi connectivity index (χ3n) is 3.21. The second-order valence-electron chi connectivity index (χ2n) is 5.97. The predicted octanol–water partition coefficient (Wildman–Crippen LogP) is 2.95. The summed E-state index contributed by atoms with van der Waals surface area (Å²) in [5.41, 5.74) is 2.41. The molecule has 110 valence electrons.